The monoisotopic (exact) mass is 403 g/mol. The highest BCUT2D eigenvalue weighted by molar-refractivity contribution is 6.24. The second-order valence-electron chi connectivity index (χ2n) is 7.51. The number of nitrogens with one attached hydrogen (secondary N) is 2. The van der Waals surface area contributed by atoms with Gasteiger partial charge in [-0.25, -0.2) is 4.98 Å². The maximum absolute atomic E-state index is 12.3. The summed E-state index contributed by atoms with van der Waals surface area (Å²) in [5.74, 6) is -0.0549. The molecule has 3 heterocycles. The Labute approximate surface area is 175 Å². The SMILES string of the molecule is NC(=O)C(=Cc1c[nH]c2nc(NC(=O)CN3CCCCC3)ccc12)c1ccccc1. The minimum absolute atomic E-state index is 0.0597. The zero-order valence-corrected chi connectivity index (χ0v) is 16.7. The number of pyridine rings is 1. The quantitative estimate of drug-likeness (QED) is 0.550. The van der Waals surface area contributed by atoms with Gasteiger partial charge in [-0.1, -0.05) is 36.8 Å². The minimum atomic E-state index is -0.495. The molecule has 1 saturated heterocycles. The van der Waals surface area contributed by atoms with Crippen molar-refractivity contribution < 1.29 is 9.59 Å². The Hall–Kier alpha value is -3.45. The number of piperidine rings is 1. The van der Waals surface area contributed by atoms with Gasteiger partial charge < -0.3 is 16.0 Å². The van der Waals surface area contributed by atoms with Crippen molar-refractivity contribution in [3.63, 3.8) is 0 Å². The average Bonchev–Trinajstić information content (AvgIpc) is 3.15. The van der Waals surface area contributed by atoms with Gasteiger partial charge in [-0.15, -0.1) is 0 Å². The number of amides is 2. The highest BCUT2D eigenvalue weighted by Gasteiger charge is 2.15. The lowest BCUT2D eigenvalue weighted by molar-refractivity contribution is -0.117. The Morgan fingerprint density at radius 3 is 2.60 bits per heavy atom. The molecule has 7 heteroatoms. The van der Waals surface area contributed by atoms with Gasteiger partial charge in [-0.3, -0.25) is 14.5 Å². The summed E-state index contributed by atoms with van der Waals surface area (Å²) in [5, 5.41) is 3.72. The highest BCUT2D eigenvalue weighted by atomic mass is 16.2. The van der Waals surface area contributed by atoms with Crippen LogP contribution in [0.1, 0.15) is 30.4 Å². The lowest BCUT2D eigenvalue weighted by atomic mass is 10.0. The second kappa shape index (κ2) is 8.92. The number of rotatable bonds is 6. The predicted molar refractivity (Wildman–Crippen MR) is 119 cm³/mol. The van der Waals surface area contributed by atoms with E-state index >= 15 is 0 Å². The molecule has 1 aliphatic rings. The second-order valence-corrected chi connectivity index (χ2v) is 7.51. The van der Waals surface area contributed by atoms with Gasteiger partial charge in [0.05, 0.1) is 6.54 Å². The molecule has 2 amide bonds. The molecule has 0 saturated carbocycles. The van der Waals surface area contributed by atoms with Gasteiger partial charge in [-0.2, -0.15) is 0 Å². The third-order valence-electron chi connectivity index (χ3n) is 5.30. The fraction of sp³-hybridized carbons (Fsp3) is 0.261. The number of anilines is 1. The minimum Gasteiger partial charge on any atom is -0.366 e. The summed E-state index contributed by atoms with van der Waals surface area (Å²) in [6.07, 6.45) is 7.07. The van der Waals surface area contributed by atoms with E-state index in [1.165, 1.54) is 6.42 Å². The van der Waals surface area contributed by atoms with E-state index in [4.69, 9.17) is 5.73 Å². The first kappa shape index (κ1) is 19.8. The van der Waals surface area contributed by atoms with Crippen molar-refractivity contribution in [3.05, 3.63) is 59.8 Å². The molecule has 0 unspecified atom stereocenters. The zero-order valence-electron chi connectivity index (χ0n) is 16.7. The van der Waals surface area contributed by atoms with E-state index in [-0.39, 0.29) is 5.91 Å². The molecule has 2 aromatic heterocycles. The van der Waals surface area contributed by atoms with Crippen LogP contribution < -0.4 is 11.1 Å². The van der Waals surface area contributed by atoms with Gasteiger partial charge in [0, 0.05) is 22.7 Å². The number of hydrogen-bond donors (Lipinski definition) is 3. The lowest BCUT2D eigenvalue weighted by Gasteiger charge is -2.25. The van der Waals surface area contributed by atoms with Crippen LogP contribution >= 0.6 is 0 Å². The summed E-state index contributed by atoms with van der Waals surface area (Å²) >= 11 is 0. The Bertz CT molecular complexity index is 1080. The Balaban J connectivity index is 1.53. The predicted octanol–water partition coefficient (Wildman–Crippen LogP) is 3.01. The third kappa shape index (κ3) is 4.58. The highest BCUT2D eigenvalue weighted by Crippen LogP contribution is 2.24. The van der Waals surface area contributed by atoms with Crippen LogP contribution in [0.15, 0.2) is 48.7 Å². The molecule has 1 aliphatic heterocycles. The fourth-order valence-corrected chi connectivity index (χ4v) is 3.79. The smallest absolute Gasteiger partial charge is 0.249 e. The van der Waals surface area contributed by atoms with Crippen LogP contribution in [0.4, 0.5) is 5.82 Å². The zero-order chi connectivity index (χ0) is 20.9. The Kier molecular flexibility index (Phi) is 5.90. The number of primary amides is 1. The molecular weight excluding hydrogens is 378 g/mol. The van der Waals surface area contributed by atoms with Crippen LogP contribution in [0, 0.1) is 0 Å². The average molecular weight is 403 g/mol. The van der Waals surface area contributed by atoms with Crippen molar-refractivity contribution in [2.24, 2.45) is 5.73 Å². The molecule has 154 valence electrons. The maximum Gasteiger partial charge on any atom is 0.249 e. The summed E-state index contributed by atoms with van der Waals surface area (Å²) in [6, 6.07) is 13.0. The van der Waals surface area contributed by atoms with Crippen molar-refractivity contribution in [1.29, 1.82) is 0 Å². The maximum atomic E-state index is 12.3. The molecule has 4 N–H and O–H groups in total. The number of fused-ring (bicyclic) bond motifs is 1. The number of carbonyl (C=O) groups excluding carboxylic acids is 2. The molecule has 30 heavy (non-hydrogen) atoms. The number of aromatic nitrogens is 2. The van der Waals surface area contributed by atoms with Crippen LogP contribution in [0.25, 0.3) is 22.7 Å². The summed E-state index contributed by atoms with van der Waals surface area (Å²) in [4.78, 5) is 34.1. The van der Waals surface area contributed by atoms with Crippen LogP contribution in [0.2, 0.25) is 0 Å². The summed E-state index contributed by atoms with van der Waals surface area (Å²) < 4.78 is 0. The molecule has 1 fully saturated rings. The number of nitrogens with two attached hydrogens (primary N) is 1. The molecule has 7 nitrogen and oxygen atoms in total. The van der Waals surface area contributed by atoms with Gasteiger partial charge in [0.2, 0.25) is 11.8 Å². The fourth-order valence-electron chi connectivity index (χ4n) is 3.79. The number of carbonyl (C=O) groups is 2. The van der Waals surface area contributed by atoms with E-state index in [0.29, 0.717) is 23.6 Å². The Morgan fingerprint density at radius 1 is 1.10 bits per heavy atom. The van der Waals surface area contributed by atoms with Crippen LogP contribution in [-0.2, 0) is 9.59 Å². The number of nitrogens with zero attached hydrogens (tertiary/aromatic N) is 2. The standard InChI is InChI=1S/C23H25N5O2/c24-22(30)19(16-7-3-1-4-8-16)13-17-14-25-23-18(17)9-10-20(27-23)26-21(29)15-28-11-5-2-6-12-28/h1,3-4,7-10,13-14H,2,5-6,11-12,15H2,(H2,24,30)(H2,25,26,27,29). The van der Waals surface area contributed by atoms with Gasteiger partial charge in [0.25, 0.3) is 0 Å². The van der Waals surface area contributed by atoms with Crippen LogP contribution in [0.5, 0.6) is 0 Å². The molecule has 3 aromatic rings. The van der Waals surface area contributed by atoms with Crippen molar-refractivity contribution in [2.75, 3.05) is 25.0 Å². The molecule has 0 atom stereocenters. The van der Waals surface area contributed by atoms with Gasteiger partial charge in [0.15, 0.2) is 0 Å². The van der Waals surface area contributed by atoms with Crippen LogP contribution in [-0.4, -0.2) is 46.3 Å². The number of H-pyrrole nitrogens is 1. The molecule has 0 aliphatic carbocycles. The van der Waals surface area contributed by atoms with E-state index in [1.54, 1.807) is 18.3 Å². The van der Waals surface area contributed by atoms with E-state index in [2.05, 4.69) is 20.2 Å². The molecule has 0 spiro atoms. The first-order valence-corrected chi connectivity index (χ1v) is 10.2. The van der Waals surface area contributed by atoms with Crippen molar-refractivity contribution in [3.8, 4) is 0 Å². The van der Waals surface area contributed by atoms with Crippen molar-refractivity contribution >= 4 is 40.3 Å². The van der Waals surface area contributed by atoms with Gasteiger partial charge in [0.1, 0.15) is 11.5 Å². The first-order chi connectivity index (χ1) is 14.6. The molecule has 1 aromatic carbocycles. The molecule has 4 rings (SSSR count). The van der Waals surface area contributed by atoms with Gasteiger partial charge in [-0.05, 0) is 49.7 Å². The van der Waals surface area contributed by atoms with Crippen molar-refractivity contribution in [2.45, 2.75) is 19.3 Å². The third-order valence-corrected chi connectivity index (χ3v) is 5.30. The van der Waals surface area contributed by atoms with E-state index in [1.807, 2.05) is 36.4 Å². The first-order valence-electron chi connectivity index (χ1n) is 10.2. The lowest BCUT2D eigenvalue weighted by Crippen LogP contribution is -2.36. The molecule has 0 radical (unpaired) electrons. The number of benzene rings is 1. The largest absolute Gasteiger partial charge is 0.366 e. The summed E-state index contributed by atoms with van der Waals surface area (Å²) in [5.41, 5.74) is 8.23. The normalized spacial score (nSPS) is 15.3. The summed E-state index contributed by atoms with van der Waals surface area (Å²) in [7, 11) is 0. The van der Waals surface area contributed by atoms with E-state index < -0.39 is 5.91 Å². The summed E-state index contributed by atoms with van der Waals surface area (Å²) in [6.45, 7) is 2.32. The Morgan fingerprint density at radius 2 is 1.87 bits per heavy atom. The number of likely N-dealkylation sites (tertiary alicyclic amines) is 1. The van der Waals surface area contributed by atoms with E-state index in [9.17, 15) is 9.59 Å². The number of aromatic amines is 1. The van der Waals surface area contributed by atoms with Crippen LogP contribution in [0.3, 0.4) is 0 Å². The topological polar surface area (TPSA) is 104 Å². The number of hydrogen-bond acceptors (Lipinski definition) is 4. The van der Waals surface area contributed by atoms with E-state index in [0.717, 1.165) is 42.4 Å². The van der Waals surface area contributed by atoms with Gasteiger partial charge >= 0.3 is 0 Å². The van der Waals surface area contributed by atoms with Crippen molar-refractivity contribution in [1.82, 2.24) is 14.9 Å². The molecular formula is C23H25N5O2. The molecule has 0 bridgehead atoms.